The highest BCUT2D eigenvalue weighted by Gasteiger charge is 2.27. The van der Waals surface area contributed by atoms with Crippen LogP contribution in [0.4, 0.5) is 27.7 Å². The number of carbonyl (C=O) groups is 2. The van der Waals surface area contributed by atoms with Gasteiger partial charge >= 0.3 is 12.1 Å². The van der Waals surface area contributed by atoms with Gasteiger partial charge < -0.3 is 30.3 Å². The number of pyridine rings is 1. The van der Waals surface area contributed by atoms with Crippen molar-refractivity contribution >= 4 is 61.8 Å². The van der Waals surface area contributed by atoms with Gasteiger partial charge in [-0.15, -0.1) is 0 Å². The average Bonchev–Trinajstić information content (AvgIpc) is 2.85. The summed E-state index contributed by atoms with van der Waals surface area (Å²) in [4.78, 5) is 33.7. The summed E-state index contributed by atoms with van der Waals surface area (Å²) in [5.41, 5.74) is 8.64. The topological polar surface area (TPSA) is 110 Å². The third kappa shape index (κ3) is 6.25. The number of halogens is 1. The van der Waals surface area contributed by atoms with Gasteiger partial charge in [-0.25, -0.2) is 14.6 Å². The lowest BCUT2D eigenvalue weighted by Crippen LogP contribution is -2.50. The van der Waals surface area contributed by atoms with Gasteiger partial charge in [0.2, 0.25) is 0 Å². The quantitative estimate of drug-likeness (QED) is 0.303. The predicted octanol–water partition coefficient (Wildman–Crippen LogP) is 5.56. The van der Waals surface area contributed by atoms with Crippen LogP contribution >= 0.6 is 15.9 Å². The normalized spacial score (nSPS) is 14.0. The lowest BCUT2D eigenvalue weighted by molar-refractivity contribution is 0.0240. The SMILES string of the molecule is CCOC(=O)c1cc(Br)cc(Nc2cc(N3CCN(C(=O)OC(C)(C)C)CC3)nc3ccccc23)c1N. The maximum Gasteiger partial charge on any atom is 0.410 e. The Hall–Kier alpha value is -3.53. The van der Waals surface area contributed by atoms with Gasteiger partial charge in [0.15, 0.2) is 0 Å². The van der Waals surface area contributed by atoms with E-state index in [2.05, 4.69) is 26.1 Å². The molecule has 0 radical (unpaired) electrons. The van der Waals surface area contributed by atoms with Crippen LogP contribution < -0.4 is 16.0 Å². The number of nitrogens with zero attached hydrogens (tertiary/aromatic N) is 3. The Labute approximate surface area is 225 Å². The first kappa shape index (κ1) is 26.5. The van der Waals surface area contributed by atoms with Gasteiger partial charge in [-0.2, -0.15) is 0 Å². The van der Waals surface area contributed by atoms with E-state index < -0.39 is 11.6 Å². The lowest BCUT2D eigenvalue weighted by atomic mass is 10.1. The van der Waals surface area contributed by atoms with E-state index in [1.807, 2.05) is 57.2 Å². The molecule has 196 valence electrons. The van der Waals surface area contributed by atoms with E-state index in [9.17, 15) is 9.59 Å². The van der Waals surface area contributed by atoms with E-state index in [0.717, 1.165) is 22.4 Å². The van der Waals surface area contributed by atoms with Crippen LogP contribution in [0.5, 0.6) is 0 Å². The first-order valence-corrected chi connectivity index (χ1v) is 13.0. The molecule has 9 nitrogen and oxygen atoms in total. The number of nitrogens with two attached hydrogens (primary N) is 1. The molecule has 2 aromatic carbocycles. The van der Waals surface area contributed by atoms with Crippen molar-refractivity contribution < 1.29 is 19.1 Å². The minimum Gasteiger partial charge on any atom is -0.462 e. The van der Waals surface area contributed by atoms with E-state index in [1.165, 1.54) is 0 Å². The number of benzene rings is 2. The van der Waals surface area contributed by atoms with Crippen LogP contribution in [0, 0.1) is 0 Å². The molecule has 2 heterocycles. The molecule has 1 fully saturated rings. The Morgan fingerprint density at radius 3 is 2.46 bits per heavy atom. The first-order chi connectivity index (χ1) is 17.6. The van der Waals surface area contributed by atoms with Gasteiger partial charge in [0.05, 0.1) is 34.7 Å². The summed E-state index contributed by atoms with van der Waals surface area (Å²) >= 11 is 3.48. The number of esters is 1. The number of piperazine rings is 1. The Balaban J connectivity index is 1.62. The molecular formula is C27H32BrN5O4. The monoisotopic (exact) mass is 569 g/mol. The summed E-state index contributed by atoms with van der Waals surface area (Å²) in [5.74, 6) is 0.303. The van der Waals surface area contributed by atoms with Crippen LogP contribution in [0.25, 0.3) is 10.9 Å². The standard InChI is InChI=1S/C27H32BrN5O4/c1-5-36-25(34)19-14-17(28)15-22(24(19)29)30-21-16-23(31-20-9-7-6-8-18(20)21)32-10-12-33(13-11-32)26(35)37-27(2,3)4/h6-9,14-16H,5,10-13,29H2,1-4H3,(H,30,31). The average molecular weight is 570 g/mol. The van der Waals surface area contributed by atoms with E-state index in [0.29, 0.717) is 42.0 Å². The zero-order chi connectivity index (χ0) is 26.7. The molecule has 1 saturated heterocycles. The van der Waals surface area contributed by atoms with Crippen molar-refractivity contribution in [1.29, 1.82) is 0 Å². The van der Waals surface area contributed by atoms with Crippen LogP contribution in [-0.4, -0.2) is 60.3 Å². The third-order valence-corrected chi connectivity index (χ3v) is 6.33. The van der Waals surface area contributed by atoms with Crippen molar-refractivity contribution in [3.8, 4) is 0 Å². The molecule has 37 heavy (non-hydrogen) atoms. The van der Waals surface area contributed by atoms with Crippen LogP contribution in [0.2, 0.25) is 0 Å². The summed E-state index contributed by atoms with van der Waals surface area (Å²) in [6.45, 7) is 9.91. The Bertz CT molecular complexity index is 1320. The second kappa shape index (κ2) is 10.8. The molecule has 1 aromatic heterocycles. The molecule has 1 aliphatic heterocycles. The van der Waals surface area contributed by atoms with Gasteiger partial charge in [0, 0.05) is 42.1 Å². The molecule has 4 rings (SSSR count). The highest BCUT2D eigenvalue weighted by atomic mass is 79.9. The number of anilines is 4. The smallest absolute Gasteiger partial charge is 0.410 e. The summed E-state index contributed by atoms with van der Waals surface area (Å²) in [5, 5.41) is 4.32. The van der Waals surface area contributed by atoms with Gasteiger partial charge in [-0.3, -0.25) is 0 Å². The van der Waals surface area contributed by atoms with E-state index in [-0.39, 0.29) is 18.3 Å². The minimum atomic E-state index is -0.532. The predicted molar refractivity (Wildman–Crippen MR) is 150 cm³/mol. The molecular weight excluding hydrogens is 538 g/mol. The molecule has 1 aliphatic rings. The number of ether oxygens (including phenoxy) is 2. The summed E-state index contributed by atoms with van der Waals surface area (Å²) in [6.07, 6.45) is -0.302. The zero-order valence-corrected chi connectivity index (χ0v) is 23.1. The van der Waals surface area contributed by atoms with Crippen molar-refractivity contribution in [2.24, 2.45) is 0 Å². The van der Waals surface area contributed by atoms with E-state index >= 15 is 0 Å². The second-order valence-electron chi connectivity index (χ2n) is 9.76. The fourth-order valence-corrected chi connectivity index (χ4v) is 4.57. The minimum absolute atomic E-state index is 0.257. The third-order valence-electron chi connectivity index (χ3n) is 5.87. The number of carbonyl (C=O) groups excluding carboxylic acids is 2. The molecule has 1 amide bonds. The summed E-state index contributed by atoms with van der Waals surface area (Å²) in [6, 6.07) is 13.3. The first-order valence-electron chi connectivity index (χ1n) is 12.2. The number of rotatable bonds is 5. The molecule has 0 saturated carbocycles. The highest BCUT2D eigenvalue weighted by molar-refractivity contribution is 9.10. The second-order valence-corrected chi connectivity index (χ2v) is 10.7. The highest BCUT2D eigenvalue weighted by Crippen LogP contribution is 2.35. The Morgan fingerprint density at radius 2 is 1.78 bits per heavy atom. The van der Waals surface area contributed by atoms with Crippen molar-refractivity contribution in [3.05, 3.63) is 52.5 Å². The molecule has 10 heteroatoms. The molecule has 0 unspecified atom stereocenters. The Morgan fingerprint density at radius 1 is 1.08 bits per heavy atom. The van der Waals surface area contributed by atoms with Crippen LogP contribution in [0.1, 0.15) is 38.1 Å². The van der Waals surface area contributed by atoms with Crippen molar-refractivity contribution in [2.45, 2.75) is 33.3 Å². The van der Waals surface area contributed by atoms with E-state index in [4.69, 9.17) is 20.2 Å². The molecule has 0 atom stereocenters. The maximum absolute atomic E-state index is 12.5. The summed E-state index contributed by atoms with van der Waals surface area (Å²) < 4.78 is 11.4. The Kier molecular flexibility index (Phi) is 7.77. The van der Waals surface area contributed by atoms with Crippen LogP contribution in [0.3, 0.4) is 0 Å². The van der Waals surface area contributed by atoms with Gasteiger partial charge in [0.25, 0.3) is 0 Å². The molecule has 0 aliphatic carbocycles. The molecule has 3 N–H and O–H groups in total. The van der Waals surface area contributed by atoms with Crippen LogP contribution in [-0.2, 0) is 9.47 Å². The number of nitrogens with one attached hydrogen (secondary N) is 1. The summed E-state index contributed by atoms with van der Waals surface area (Å²) in [7, 11) is 0. The van der Waals surface area contributed by atoms with Crippen LogP contribution in [0.15, 0.2) is 46.9 Å². The van der Waals surface area contributed by atoms with E-state index in [1.54, 1.807) is 17.9 Å². The molecule has 0 spiro atoms. The zero-order valence-electron chi connectivity index (χ0n) is 21.5. The number of para-hydroxylation sites is 1. The van der Waals surface area contributed by atoms with Gasteiger partial charge in [0.1, 0.15) is 11.4 Å². The fourth-order valence-electron chi connectivity index (χ4n) is 4.12. The number of hydrogen-bond donors (Lipinski definition) is 2. The lowest BCUT2D eigenvalue weighted by Gasteiger charge is -2.36. The van der Waals surface area contributed by atoms with Gasteiger partial charge in [-0.05, 0) is 45.9 Å². The maximum atomic E-state index is 12.5. The number of hydrogen-bond acceptors (Lipinski definition) is 8. The molecule has 0 bridgehead atoms. The number of amides is 1. The number of aromatic nitrogens is 1. The fraction of sp³-hybridized carbons (Fsp3) is 0.370. The van der Waals surface area contributed by atoms with Gasteiger partial charge in [-0.1, -0.05) is 34.1 Å². The largest absolute Gasteiger partial charge is 0.462 e. The van der Waals surface area contributed by atoms with Crippen molar-refractivity contribution in [2.75, 3.05) is 48.7 Å². The van der Waals surface area contributed by atoms with Crippen molar-refractivity contribution in [1.82, 2.24) is 9.88 Å². The number of nitrogen functional groups attached to an aromatic ring is 1. The van der Waals surface area contributed by atoms with Crippen molar-refractivity contribution in [3.63, 3.8) is 0 Å². The molecule has 3 aromatic rings. The number of fused-ring (bicyclic) bond motifs is 1.